The minimum Gasteiger partial charge on any atom is -0.394 e. The van der Waals surface area contributed by atoms with Crippen molar-refractivity contribution in [1.82, 2.24) is 10.2 Å². The van der Waals surface area contributed by atoms with Crippen LogP contribution in [0.1, 0.15) is 31.7 Å². The van der Waals surface area contributed by atoms with E-state index < -0.39 is 31.6 Å². The second-order valence-corrected chi connectivity index (χ2v) is 15.5. The molecule has 9 nitrogen and oxygen atoms in total. The SMILES string of the molecule is C=CCN1C(=O)[C@]2(O[C@H](CC(=O)N3CCC[C@H]3CO)[C@@H]([Si](C)(C)F)[C@@H]2C)c2cc(N3CCNCC3=O)ccc21. The van der Waals surface area contributed by atoms with E-state index in [2.05, 4.69) is 11.9 Å². The van der Waals surface area contributed by atoms with Gasteiger partial charge in [-0.05, 0) is 44.1 Å². The van der Waals surface area contributed by atoms with E-state index in [0.717, 1.165) is 12.8 Å². The molecule has 0 saturated carbocycles. The first-order valence-corrected chi connectivity index (χ1v) is 16.9. The Balaban J connectivity index is 1.57. The van der Waals surface area contributed by atoms with Crippen molar-refractivity contribution in [3.05, 3.63) is 36.4 Å². The number of piperazine rings is 1. The molecule has 5 rings (SSSR count). The summed E-state index contributed by atoms with van der Waals surface area (Å²) in [5.41, 5.74) is -0.153. The Labute approximate surface area is 230 Å². The zero-order valence-corrected chi connectivity index (χ0v) is 24.0. The van der Waals surface area contributed by atoms with Gasteiger partial charge in [-0.15, -0.1) is 6.58 Å². The predicted molar refractivity (Wildman–Crippen MR) is 149 cm³/mol. The van der Waals surface area contributed by atoms with Gasteiger partial charge in [-0.3, -0.25) is 14.4 Å². The fraction of sp³-hybridized carbons (Fsp3) is 0.607. The maximum Gasteiger partial charge on any atom is 0.264 e. The molecule has 4 heterocycles. The molecule has 1 aromatic carbocycles. The molecule has 0 aromatic heterocycles. The molecule has 4 aliphatic rings. The summed E-state index contributed by atoms with van der Waals surface area (Å²) in [6, 6.07) is 5.26. The lowest BCUT2D eigenvalue weighted by atomic mass is 9.82. The number of nitrogens with zero attached hydrogens (tertiary/aromatic N) is 3. The van der Waals surface area contributed by atoms with Crippen LogP contribution in [0, 0.1) is 5.92 Å². The second kappa shape index (κ2) is 10.4. The number of anilines is 2. The zero-order valence-electron chi connectivity index (χ0n) is 23.0. The highest BCUT2D eigenvalue weighted by molar-refractivity contribution is 6.72. The van der Waals surface area contributed by atoms with Gasteiger partial charge in [0.15, 0.2) is 5.60 Å². The van der Waals surface area contributed by atoms with Crippen LogP contribution in [-0.4, -0.2) is 87.6 Å². The summed E-state index contributed by atoms with van der Waals surface area (Å²) in [6.45, 7) is 11.0. The lowest BCUT2D eigenvalue weighted by molar-refractivity contribution is -0.149. The van der Waals surface area contributed by atoms with Gasteiger partial charge < -0.3 is 34.0 Å². The van der Waals surface area contributed by atoms with Crippen molar-refractivity contribution in [2.75, 3.05) is 49.1 Å². The van der Waals surface area contributed by atoms with Gasteiger partial charge in [0.2, 0.25) is 20.2 Å². The number of carbonyl (C=O) groups is 3. The average molecular weight is 559 g/mol. The quantitative estimate of drug-likeness (QED) is 0.303. The number of hydrogen-bond acceptors (Lipinski definition) is 6. The molecular formula is C28H39FN4O5Si. The zero-order chi connectivity index (χ0) is 28.1. The molecule has 1 spiro atoms. The largest absolute Gasteiger partial charge is 0.394 e. The summed E-state index contributed by atoms with van der Waals surface area (Å²) in [5, 5.41) is 12.8. The first-order chi connectivity index (χ1) is 18.5. The van der Waals surface area contributed by atoms with Gasteiger partial charge in [0.1, 0.15) is 0 Å². The van der Waals surface area contributed by atoms with Crippen molar-refractivity contribution in [3.63, 3.8) is 0 Å². The van der Waals surface area contributed by atoms with Crippen LogP contribution in [-0.2, 0) is 24.7 Å². The number of hydrogen-bond donors (Lipinski definition) is 2. The van der Waals surface area contributed by atoms with Crippen LogP contribution in [0.4, 0.5) is 15.5 Å². The number of halogens is 1. The fourth-order valence-electron chi connectivity index (χ4n) is 7.24. The standard InChI is InChI=1S/C28H39FN4O5Si/c1-5-11-33-22-9-8-19(32-13-10-30-16-25(32)36)14-21(22)28(27(33)37)18(2)26(39(3,4)29)23(38-28)15-24(35)31-12-6-7-20(31)17-34/h5,8-9,14,18,20,23,26,30,34H,1,6-7,10-13,15-17H2,2-4H3/t18-,20-,23+,26-,28+/m0/s1. The average Bonchev–Trinajstić information content (AvgIpc) is 3.55. The third-order valence-corrected chi connectivity index (χ3v) is 11.4. The van der Waals surface area contributed by atoms with Gasteiger partial charge in [-0.25, -0.2) is 0 Å². The number of rotatable bonds is 7. The van der Waals surface area contributed by atoms with Crippen LogP contribution >= 0.6 is 0 Å². The van der Waals surface area contributed by atoms with E-state index in [1.54, 1.807) is 33.9 Å². The van der Waals surface area contributed by atoms with Gasteiger partial charge >= 0.3 is 0 Å². The second-order valence-electron chi connectivity index (χ2n) is 11.7. The van der Waals surface area contributed by atoms with Gasteiger partial charge in [-0.2, -0.15) is 0 Å². The molecule has 3 amide bonds. The molecule has 0 unspecified atom stereocenters. The topological polar surface area (TPSA) is 102 Å². The summed E-state index contributed by atoms with van der Waals surface area (Å²) in [6.07, 6.45) is 2.35. The van der Waals surface area contributed by atoms with E-state index in [0.29, 0.717) is 36.6 Å². The van der Waals surface area contributed by atoms with Crippen LogP contribution in [0.2, 0.25) is 18.6 Å². The molecule has 39 heavy (non-hydrogen) atoms. The number of ether oxygens (including phenoxy) is 1. The molecule has 212 valence electrons. The summed E-state index contributed by atoms with van der Waals surface area (Å²) in [5.74, 6) is -1.08. The van der Waals surface area contributed by atoms with Gasteiger partial charge in [0.25, 0.3) is 5.91 Å². The highest BCUT2D eigenvalue weighted by Gasteiger charge is 2.67. The van der Waals surface area contributed by atoms with Crippen LogP contribution in [0.15, 0.2) is 30.9 Å². The molecule has 3 fully saturated rings. The number of aliphatic hydroxyl groups is 1. The van der Waals surface area contributed by atoms with Crippen molar-refractivity contribution in [2.24, 2.45) is 5.92 Å². The van der Waals surface area contributed by atoms with Crippen molar-refractivity contribution >= 4 is 37.5 Å². The normalized spacial score (nSPS) is 30.9. The van der Waals surface area contributed by atoms with E-state index in [1.165, 1.54) is 0 Å². The van der Waals surface area contributed by atoms with E-state index in [4.69, 9.17) is 4.74 Å². The third-order valence-electron chi connectivity index (χ3n) is 8.94. The lowest BCUT2D eigenvalue weighted by Crippen LogP contribution is -2.48. The molecule has 0 bridgehead atoms. The number of fused-ring (bicyclic) bond motifs is 2. The van der Waals surface area contributed by atoms with Gasteiger partial charge in [-0.1, -0.05) is 13.0 Å². The minimum absolute atomic E-state index is 0.0480. The molecule has 4 aliphatic heterocycles. The first-order valence-electron chi connectivity index (χ1n) is 13.9. The summed E-state index contributed by atoms with van der Waals surface area (Å²) >= 11 is 0. The fourth-order valence-corrected chi connectivity index (χ4v) is 9.73. The number of nitrogens with one attached hydrogen (secondary N) is 1. The molecule has 1 aromatic rings. The Bertz CT molecular complexity index is 1180. The summed E-state index contributed by atoms with van der Waals surface area (Å²) in [7, 11) is -3.43. The number of likely N-dealkylation sites (tertiary alicyclic amines) is 1. The van der Waals surface area contributed by atoms with Crippen LogP contribution in [0.5, 0.6) is 0 Å². The van der Waals surface area contributed by atoms with Crippen LogP contribution < -0.4 is 15.1 Å². The van der Waals surface area contributed by atoms with E-state index in [-0.39, 0.29) is 49.9 Å². The highest BCUT2D eigenvalue weighted by Crippen LogP contribution is 2.60. The van der Waals surface area contributed by atoms with E-state index >= 15 is 4.11 Å². The number of benzene rings is 1. The minimum atomic E-state index is -3.43. The van der Waals surface area contributed by atoms with E-state index in [1.807, 2.05) is 25.1 Å². The van der Waals surface area contributed by atoms with Gasteiger partial charge in [0.05, 0.1) is 37.4 Å². The molecule has 2 N–H and O–H groups in total. The number of carbonyl (C=O) groups excluding carboxylic acids is 3. The monoisotopic (exact) mass is 558 g/mol. The molecular weight excluding hydrogens is 519 g/mol. The Morgan fingerprint density at radius 2 is 2.10 bits per heavy atom. The molecule has 5 atom stereocenters. The Hall–Kier alpha value is -2.60. The Morgan fingerprint density at radius 1 is 1.33 bits per heavy atom. The lowest BCUT2D eigenvalue weighted by Gasteiger charge is -2.32. The number of amides is 3. The molecule has 3 saturated heterocycles. The highest BCUT2D eigenvalue weighted by atomic mass is 28.4. The Morgan fingerprint density at radius 3 is 2.77 bits per heavy atom. The smallest absolute Gasteiger partial charge is 0.264 e. The van der Waals surface area contributed by atoms with Crippen molar-refractivity contribution in [3.8, 4) is 0 Å². The molecule has 0 radical (unpaired) electrons. The van der Waals surface area contributed by atoms with Crippen molar-refractivity contribution < 1.29 is 28.3 Å². The summed E-state index contributed by atoms with van der Waals surface area (Å²) < 4.78 is 22.8. The maximum absolute atomic E-state index is 16.1. The van der Waals surface area contributed by atoms with Gasteiger partial charge in [0, 0.05) is 48.9 Å². The van der Waals surface area contributed by atoms with Crippen molar-refractivity contribution in [2.45, 2.75) is 62.6 Å². The molecule has 0 aliphatic carbocycles. The molecule has 11 heteroatoms. The maximum atomic E-state index is 16.1. The first kappa shape index (κ1) is 27.9. The van der Waals surface area contributed by atoms with E-state index in [9.17, 15) is 19.5 Å². The summed E-state index contributed by atoms with van der Waals surface area (Å²) in [4.78, 5) is 45.3. The van der Waals surface area contributed by atoms with Crippen LogP contribution in [0.25, 0.3) is 0 Å². The predicted octanol–water partition coefficient (Wildman–Crippen LogP) is 2.30. The third kappa shape index (κ3) is 4.53. The Kier molecular flexibility index (Phi) is 7.47. The van der Waals surface area contributed by atoms with Crippen molar-refractivity contribution in [1.29, 1.82) is 0 Å². The number of aliphatic hydroxyl groups excluding tert-OH is 1. The van der Waals surface area contributed by atoms with Crippen LogP contribution in [0.3, 0.4) is 0 Å².